The third-order valence-electron chi connectivity index (χ3n) is 5.92. The number of H-pyrrole nitrogens is 1. The van der Waals surface area contributed by atoms with E-state index in [1.807, 2.05) is 26.0 Å². The molecule has 1 amide bonds. The number of methoxy groups -OCH3 is 1. The van der Waals surface area contributed by atoms with Gasteiger partial charge in [0.25, 0.3) is 5.91 Å². The summed E-state index contributed by atoms with van der Waals surface area (Å²) in [5.41, 5.74) is 4.05. The summed E-state index contributed by atoms with van der Waals surface area (Å²) >= 11 is 0. The molecule has 2 aromatic carbocycles. The molecule has 8 heteroatoms. The van der Waals surface area contributed by atoms with Crippen LogP contribution >= 0.6 is 0 Å². The fourth-order valence-corrected chi connectivity index (χ4v) is 4.09. The molecule has 0 fully saturated rings. The number of ketones is 1. The average molecular weight is 443 g/mol. The lowest BCUT2D eigenvalue weighted by Crippen LogP contribution is -2.32. The van der Waals surface area contributed by atoms with E-state index in [1.54, 1.807) is 30.3 Å². The number of ether oxygens (including phenoxy) is 1. The number of Topliss-reactive ketones (excluding diaryl/α,β-unsaturated/α-hetero) is 1. The molecule has 0 aliphatic carbocycles. The Morgan fingerprint density at radius 2 is 1.94 bits per heavy atom. The Morgan fingerprint density at radius 1 is 1.15 bits per heavy atom. The van der Waals surface area contributed by atoms with Crippen LogP contribution in [0.4, 0.5) is 5.95 Å². The Kier molecular flexibility index (Phi) is 4.78. The minimum absolute atomic E-state index is 0.0231. The van der Waals surface area contributed by atoms with E-state index in [9.17, 15) is 14.7 Å². The van der Waals surface area contributed by atoms with E-state index in [-0.39, 0.29) is 17.3 Å². The fraction of sp³-hybridized carbons (Fsp3) is 0.160. The van der Waals surface area contributed by atoms with Crippen LogP contribution in [0.5, 0.6) is 5.75 Å². The monoisotopic (exact) mass is 443 g/mol. The quantitative estimate of drug-likeness (QED) is 0.438. The topological polar surface area (TPSA) is 109 Å². The Morgan fingerprint density at radius 3 is 2.67 bits per heavy atom. The van der Waals surface area contributed by atoms with Crippen LogP contribution < -0.4 is 9.64 Å². The summed E-state index contributed by atoms with van der Waals surface area (Å²) in [5.74, 6) is -1.16. The van der Waals surface area contributed by atoms with Crippen LogP contribution in [0, 0.1) is 13.8 Å². The first-order valence-corrected chi connectivity index (χ1v) is 10.3. The van der Waals surface area contributed by atoms with Crippen molar-refractivity contribution in [3.05, 3.63) is 88.6 Å². The second kappa shape index (κ2) is 7.67. The number of fused-ring (bicyclic) bond motifs is 1. The maximum absolute atomic E-state index is 13.3. The van der Waals surface area contributed by atoms with E-state index in [1.165, 1.54) is 24.3 Å². The van der Waals surface area contributed by atoms with Crippen molar-refractivity contribution >= 4 is 28.7 Å². The van der Waals surface area contributed by atoms with E-state index in [4.69, 9.17) is 9.15 Å². The molecule has 1 unspecified atom stereocenters. The molecule has 1 aliphatic heterocycles. The number of anilines is 1. The maximum atomic E-state index is 13.3. The first-order chi connectivity index (χ1) is 15.9. The highest BCUT2D eigenvalue weighted by Gasteiger charge is 2.46. The van der Waals surface area contributed by atoms with Gasteiger partial charge in [0.2, 0.25) is 11.7 Å². The summed E-state index contributed by atoms with van der Waals surface area (Å²) in [6.07, 6.45) is 1.36. The number of hydrogen-bond donors (Lipinski definition) is 2. The zero-order valence-corrected chi connectivity index (χ0v) is 18.2. The van der Waals surface area contributed by atoms with Gasteiger partial charge in [-0.05, 0) is 66.9 Å². The SMILES string of the molecule is COc1cccc(C2C(C(=O)c3ccco3)=C(O)C(=O)N2c2nc3cc(C)c(C)cc3[nH]2)c1. The van der Waals surface area contributed by atoms with Crippen molar-refractivity contribution in [2.24, 2.45) is 0 Å². The Bertz CT molecular complexity index is 1390. The number of imidazole rings is 1. The number of nitrogens with zero attached hydrogens (tertiary/aromatic N) is 2. The van der Waals surface area contributed by atoms with Crippen LogP contribution in [0.25, 0.3) is 11.0 Å². The summed E-state index contributed by atoms with van der Waals surface area (Å²) in [5, 5.41) is 10.8. The van der Waals surface area contributed by atoms with E-state index in [0.29, 0.717) is 16.8 Å². The molecule has 1 atom stereocenters. The average Bonchev–Trinajstić information content (AvgIpc) is 3.53. The Hall–Kier alpha value is -4.33. The van der Waals surface area contributed by atoms with Crippen LogP contribution in [0.1, 0.15) is 33.3 Å². The fourth-order valence-electron chi connectivity index (χ4n) is 4.09. The van der Waals surface area contributed by atoms with Gasteiger partial charge in [-0.3, -0.25) is 14.5 Å². The number of furan rings is 1. The number of carbonyl (C=O) groups excluding carboxylic acids is 2. The van der Waals surface area contributed by atoms with Crippen molar-refractivity contribution < 1.29 is 23.8 Å². The number of nitrogens with one attached hydrogen (secondary N) is 1. The first-order valence-electron chi connectivity index (χ1n) is 10.3. The molecule has 0 spiro atoms. The predicted molar refractivity (Wildman–Crippen MR) is 121 cm³/mol. The van der Waals surface area contributed by atoms with Crippen molar-refractivity contribution in [2.45, 2.75) is 19.9 Å². The highest BCUT2D eigenvalue weighted by Crippen LogP contribution is 2.42. The summed E-state index contributed by atoms with van der Waals surface area (Å²) in [4.78, 5) is 35.6. The van der Waals surface area contributed by atoms with Gasteiger partial charge in [-0.25, -0.2) is 4.98 Å². The van der Waals surface area contributed by atoms with Crippen LogP contribution in [-0.4, -0.2) is 33.9 Å². The van der Waals surface area contributed by atoms with Gasteiger partial charge < -0.3 is 19.2 Å². The smallest absolute Gasteiger partial charge is 0.296 e. The van der Waals surface area contributed by atoms with Crippen molar-refractivity contribution in [3.8, 4) is 5.75 Å². The number of aromatic nitrogens is 2. The van der Waals surface area contributed by atoms with E-state index in [0.717, 1.165) is 16.6 Å². The van der Waals surface area contributed by atoms with Crippen LogP contribution in [0.2, 0.25) is 0 Å². The molecule has 1 aliphatic rings. The number of carbonyl (C=O) groups is 2. The lowest BCUT2D eigenvalue weighted by atomic mass is 9.95. The molecular formula is C25H21N3O5. The molecule has 0 saturated heterocycles. The Labute approximate surface area is 189 Å². The molecule has 33 heavy (non-hydrogen) atoms. The number of rotatable bonds is 5. The number of hydrogen-bond acceptors (Lipinski definition) is 6. The third-order valence-corrected chi connectivity index (χ3v) is 5.92. The highest BCUT2D eigenvalue weighted by atomic mass is 16.5. The number of aliphatic hydroxyl groups is 1. The highest BCUT2D eigenvalue weighted by molar-refractivity contribution is 6.20. The van der Waals surface area contributed by atoms with Gasteiger partial charge in [0.1, 0.15) is 5.75 Å². The molecule has 0 bridgehead atoms. The maximum Gasteiger partial charge on any atom is 0.296 e. The molecule has 166 valence electrons. The summed E-state index contributed by atoms with van der Waals surface area (Å²) in [7, 11) is 1.53. The van der Waals surface area contributed by atoms with Gasteiger partial charge in [0.05, 0.1) is 36.0 Å². The van der Waals surface area contributed by atoms with Crippen LogP contribution in [-0.2, 0) is 4.79 Å². The largest absolute Gasteiger partial charge is 0.503 e. The normalized spacial score (nSPS) is 16.2. The molecule has 0 radical (unpaired) electrons. The number of aryl methyl sites for hydroxylation is 2. The lowest BCUT2D eigenvalue weighted by Gasteiger charge is -2.24. The van der Waals surface area contributed by atoms with Gasteiger partial charge in [-0.2, -0.15) is 0 Å². The van der Waals surface area contributed by atoms with Crippen molar-refractivity contribution in [2.75, 3.05) is 12.0 Å². The number of amides is 1. The van der Waals surface area contributed by atoms with Gasteiger partial charge in [-0.15, -0.1) is 0 Å². The molecule has 8 nitrogen and oxygen atoms in total. The molecule has 2 N–H and O–H groups in total. The van der Waals surface area contributed by atoms with Crippen LogP contribution in [0.15, 0.2) is 70.5 Å². The van der Waals surface area contributed by atoms with Crippen molar-refractivity contribution in [1.29, 1.82) is 0 Å². The number of aliphatic hydroxyl groups excluding tert-OH is 1. The summed E-state index contributed by atoms with van der Waals surface area (Å²) < 4.78 is 10.6. The van der Waals surface area contributed by atoms with Gasteiger partial charge >= 0.3 is 0 Å². The molecule has 0 saturated carbocycles. The molecule has 4 aromatic rings. The third kappa shape index (κ3) is 3.27. The minimum atomic E-state index is -0.937. The standard InChI is InChI=1S/C25H21N3O5/c1-13-10-17-18(11-14(13)2)27-25(26-17)28-21(15-6-4-7-16(12-15)32-3)20(23(30)24(28)31)22(29)19-8-5-9-33-19/h4-12,21,30H,1-3H3,(H,26,27). The van der Waals surface area contributed by atoms with Gasteiger partial charge in [-0.1, -0.05) is 12.1 Å². The molecule has 3 heterocycles. The number of aromatic amines is 1. The second-order valence-corrected chi connectivity index (χ2v) is 7.94. The van der Waals surface area contributed by atoms with Crippen molar-refractivity contribution in [1.82, 2.24) is 9.97 Å². The first kappa shape index (κ1) is 20.6. The van der Waals surface area contributed by atoms with E-state index >= 15 is 0 Å². The molecular weight excluding hydrogens is 422 g/mol. The minimum Gasteiger partial charge on any atom is -0.503 e. The van der Waals surface area contributed by atoms with E-state index in [2.05, 4.69) is 9.97 Å². The number of benzene rings is 2. The zero-order valence-electron chi connectivity index (χ0n) is 18.2. The lowest BCUT2D eigenvalue weighted by molar-refractivity contribution is -0.117. The Balaban J connectivity index is 1.70. The van der Waals surface area contributed by atoms with Gasteiger partial charge in [0.15, 0.2) is 11.5 Å². The summed E-state index contributed by atoms with van der Waals surface area (Å²) in [6, 6.07) is 13.0. The second-order valence-electron chi connectivity index (χ2n) is 7.94. The zero-order chi connectivity index (χ0) is 23.3. The van der Waals surface area contributed by atoms with Crippen molar-refractivity contribution in [3.63, 3.8) is 0 Å². The van der Waals surface area contributed by atoms with Gasteiger partial charge in [0, 0.05) is 0 Å². The summed E-state index contributed by atoms with van der Waals surface area (Å²) in [6.45, 7) is 3.97. The van der Waals surface area contributed by atoms with E-state index < -0.39 is 23.5 Å². The molecule has 2 aromatic heterocycles. The molecule has 5 rings (SSSR count). The predicted octanol–water partition coefficient (Wildman–Crippen LogP) is 4.56. The van der Waals surface area contributed by atoms with Crippen LogP contribution in [0.3, 0.4) is 0 Å².